The molecular formula is C13H25N3O. The summed E-state index contributed by atoms with van der Waals surface area (Å²) >= 11 is 0. The Kier molecular flexibility index (Phi) is 3.39. The van der Waals surface area contributed by atoms with Crippen molar-refractivity contribution in [3.8, 4) is 0 Å². The summed E-state index contributed by atoms with van der Waals surface area (Å²) in [5, 5.41) is 3.53. The highest BCUT2D eigenvalue weighted by atomic mass is 16.5. The maximum Gasteiger partial charge on any atom is 0.102 e. The Hall–Kier alpha value is -0.160. The lowest BCUT2D eigenvalue weighted by molar-refractivity contribution is -0.160. The molecule has 0 spiro atoms. The largest absolute Gasteiger partial charge is 0.377 e. The van der Waals surface area contributed by atoms with Gasteiger partial charge in [-0.25, -0.2) is 0 Å². The Labute approximate surface area is 104 Å². The fourth-order valence-electron chi connectivity index (χ4n) is 3.90. The van der Waals surface area contributed by atoms with Gasteiger partial charge in [-0.3, -0.25) is 9.80 Å². The van der Waals surface area contributed by atoms with E-state index in [0.29, 0.717) is 0 Å². The van der Waals surface area contributed by atoms with Crippen LogP contribution in [-0.4, -0.2) is 68.4 Å². The summed E-state index contributed by atoms with van der Waals surface area (Å²) in [5.41, 5.74) is 0.179. The lowest BCUT2D eigenvalue weighted by Gasteiger charge is -2.54. The second-order valence-corrected chi connectivity index (χ2v) is 5.74. The molecule has 0 bridgehead atoms. The molecule has 1 N–H and O–H groups in total. The third kappa shape index (κ3) is 1.91. The third-order valence-corrected chi connectivity index (χ3v) is 4.91. The van der Waals surface area contributed by atoms with Crippen molar-refractivity contribution in [3.05, 3.63) is 0 Å². The summed E-state index contributed by atoms with van der Waals surface area (Å²) in [6.45, 7) is 7.71. The number of ether oxygens (including phenoxy) is 1. The molecule has 3 rings (SSSR count). The molecule has 0 radical (unpaired) electrons. The van der Waals surface area contributed by atoms with Gasteiger partial charge >= 0.3 is 0 Å². The fraction of sp³-hybridized carbons (Fsp3) is 1.00. The van der Waals surface area contributed by atoms with Gasteiger partial charge < -0.3 is 10.1 Å². The molecule has 3 fully saturated rings. The summed E-state index contributed by atoms with van der Waals surface area (Å²) < 4.78 is 5.87. The van der Waals surface area contributed by atoms with Crippen molar-refractivity contribution in [2.24, 2.45) is 5.92 Å². The normalized spacial score (nSPS) is 41.1. The van der Waals surface area contributed by atoms with Gasteiger partial charge in [-0.15, -0.1) is 0 Å². The van der Waals surface area contributed by atoms with Crippen LogP contribution in [-0.2, 0) is 4.74 Å². The van der Waals surface area contributed by atoms with Gasteiger partial charge in [-0.2, -0.15) is 0 Å². The first-order valence-corrected chi connectivity index (χ1v) is 7.09. The lowest BCUT2D eigenvalue weighted by Crippen LogP contribution is -2.68. The molecule has 3 heterocycles. The van der Waals surface area contributed by atoms with Crippen molar-refractivity contribution in [1.82, 2.24) is 15.1 Å². The van der Waals surface area contributed by atoms with Crippen LogP contribution in [0.1, 0.15) is 19.3 Å². The molecule has 0 aromatic heterocycles. The van der Waals surface area contributed by atoms with E-state index in [1.54, 1.807) is 0 Å². The van der Waals surface area contributed by atoms with Crippen molar-refractivity contribution >= 4 is 0 Å². The van der Waals surface area contributed by atoms with Crippen LogP contribution in [0, 0.1) is 5.92 Å². The van der Waals surface area contributed by atoms with Crippen LogP contribution >= 0.6 is 0 Å². The number of rotatable bonds is 2. The Bertz CT molecular complexity index is 243. The molecule has 4 heteroatoms. The quantitative estimate of drug-likeness (QED) is 0.752. The van der Waals surface area contributed by atoms with Crippen LogP contribution < -0.4 is 5.32 Å². The zero-order valence-electron chi connectivity index (χ0n) is 11.0. The van der Waals surface area contributed by atoms with Gasteiger partial charge in [0.25, 0.3) is 0 Å². The molecule has 0 saturated carbocycles. The number of nitrogens with zero attached hydrogens (tertiary/aromatic N) is 2. The molecule has 3 saturated heterocycles. The number of nitrogens with one attached hydrogen (secondary N) is 1. The van der Waals surface area contributed by atoms with Crippen LogP contribution in [0.15, 0.2) is 0 Å². The van der Waals surface area contributed by atoms with E-state index in [4.69, 9.17) is 4.74 Å². The Morgan fingerprint density at radius 3 is 2.71 bits per heavy atom. The monoisotopic (exact) mass is 239 g/mol. The smallest absolute Gasteiger partial charge is 0.102 e. The second kappa shape index (κ2) is 4.84. The van der Waals surface area contributed by atoms with Gasteiger partial charge in [0.05, 0.1) is 13.2 Å². The lowest BCUT2D eigenvalue weighted by atomic mass is 9.88. The summed E-state index contributed by atoms with van der Waals surface area (Å²) in [4.78, 5) is 5.27. The van der Waals surface area contributed by atoms with E-state index >= 15 is 0 Å². The Morgan fingerprint density at radius 2 is 2.06 bits per heavy atom. The average Bonchev–Trinajstić information content (AvgIpc) is 3.03. The average molecular weight is 239 g/mol. The molecule has 98 valence electrons. The summed E-state index contributed by atoms with van der Waals surface area (Å²) in [5.74, 6) is 0.728. The first-order chi connectivity index (χ1) is 8.34. The molecule has 0 aromatic rings. The predicted molar refractivity (Wildman–Crippen MR) is 68.0 cm³/mol. The minimum atomic E-state index is 0.179. The SMILES string of the molecule is CN1CCOCC1(C1CCNC1)N1CCCC1. The fourth-order valence-corrected chi connectivity index (χ4v) is 3.90. The summed E-state index contributed by atoms with van der Waals surface area (Å²) in [6, 6.07) is 0. The Morgan fingerprint density at radius 1 is 1.24 bits per heavy atom. The van der Waals surface area contributed by atoms with Gasteiger partial charge in [0, 0.05) is 32.1 Å². The zero-order chi connectivity index (χ0) is 11.7. The maximum atomic E-state index is 5.87. The highest BCUT2D eigenvalue weighted by Crippen LogP contribution is 2.36. The van der Waals surface area contributed by atoms with Gasteiger partial charge in [0.1, 0.15) is 5.66 Å². The predicted octanol–water partition coefficient (Wildman–Crippen LogP) is 0.350. The van der Waals surface area contributed by atoms with Crippen molar-refractivity contribution in [3.63, 3.8) is 0 Å². The van der Waals surface area contributed by atoms with E-state index in [1.807, 2.05) is 0 Å². The molecule has 0 aliphatic carbocycles. The van der Waals surface area contributed by atoms with Crippen LogP contribution in [0.25, 0.3) is 0 Å². The van der Waals surface area contributed by atoms with E-state index in [-0.39, 0.29) is 5.66 Å². The van der Waals surface area contributed by atoms with Crippen LogP contribution in [0.2, 0.25) is 0 Å². The van der Waals surface area contributed by atoms with Crippen molar-refractivity contribution in [2.75, 3.05) is 53.0 Å². The minimum Gasteiger partial charge on any atom is -0.377 e. The molecular weight excluding hydrogens is 214 g/mol. The molecule has 0 amide bonds. The van der Waals surface area contributed by atoms with E-state index in [0.717, 1.165) is 32.2 Å². The number of morpholine rings is 1. The molecule has 2 unspecified atom stereocenters. The van der Waals surface area contributed by atoms with Crippen molar-refractivity contribution in [1.29, 1.82) is 0 Å². The molecule has 0 aromatic carbocycles. The molecule has 4 nitrogen and oxygen atoms in total. The van der Waals surface area contributed by atoms with E-state index < -0.39 is 0 Å². The van der Waals surface area contributed by atoms with Crippen LogP contribution in [0.5, 0.6) is 0 Å². The van der Waals surface area contributed by atoms with E-state index in [1.165, 1.54) is 38.9 Å². The third-order valence-electron chi connectivity index (χ3n) is 4.91. The zero-order valence-corrected chi connectivity index (χ0v) is 11.0. The van der Waals surface area contributed by atoms with Crippen LogP contribution in [0.4, 0.5) is 0 Å². The van der Waals surface area contributed by atoms with E-state index in [2.05, 4.69) is 22.2 Å². The molecule has 3 aliphatic rings. The topological polar surface area (TPSA) is 27.7 Å². The van der Waals surface area contributed by atoms with Gasteiger partial charge in [0.2, 0.25) is 0 Å². The first kappa shape index (κ1) is 11.9. The van der Waals surface area contributed by atoms with Crippen molar-refractivity contribution in [2.45, 2.75) is 24.9 Å². The van der Waals surface area contributed by atoms with E-state index in [9.17, 15) is 0 Å². The first-order valence-electron chi connectivity index (χ1n) is 7.09. The number of likely N-dealkylation sites (tertiary alicyclic amines) is 1. The highest BCUT2D eigenvalue weighted by Gasteiger charge is 2.50. The Balaban J connectivity index is 1.86. The number of hydrogen-bond acceptors (Lipinski definition) is 4. The summed E-state index contributed by atoms with van der Waals surface area (Å²) in [7, 11) is 2.29. The maximum absolute atomic E-state index is 5.87. The van der Waals surface area contributed by atoms with Gasteiger partial charge in [0.15, 0.2) is 0 Å². The summed E-state index contributed by atoms with van der Waals surface area (Å²) in [6.07, 6.45) is 4.01. The van der Waals surface area contributed by atoms with Gasteiger partial charge in [-0.05, 0) is 32.9 Å². The standard InChI is InChI=1S/C13H25N3O/c1-15-8-9-17-11-13(15,12-4-5-14-10-12)16-6-2-3-7-16/h12,14H,2-11H2,1H3. The van der Waals surface area contributed by atoms with Gasteiger partial charge in [-0.1, -0.05) is 0 Å². The second-order valence-electron chi connectivity index (χ2n) is 5.74. The number of likely N-dealkylation sites (N-methyl/N-ethyl adjacent to an activating group) is 1. The van der Waals surface area contributed by atoms with Crippen LogP contribution in [0.3, 0.4) is 0 Å². The minimum absolute atomic E-state index is 0.179. The molecule has 3 aliphatic heterocycles. The number of hydrogen-bond donors (Lipinski definition) is 1. The molecule has 17 heavy (non-hydrogen) atoms. The van der Waals surface area contributed by atoms with Crippen molar-refractivity contribution < 1.29 is 4.74 Å². The molecule has 2 atom stereocenters. The highest BCUT2D eigenvalue weighted by molar-refractivity contribution is 5.01.